The van der Waals surface area contributed by atoms with Gasteiger partial charge in [-0.1, -0.05) is 0 Å². The largest absolute Gasteiger partial charge is 0.496 e. The lowest BCUT2D eigenvalue weighted by molar-refractivity contribution is 0.400. The molecule has 0 saturated heterocycles. The Labute approximate surface area is 159 Å². The van der Waals surface area contributed by atoms with E-state index in [0.29, 0.717) is 50.3 Å². The van der Waals surface area contributed by atoms with Crippen LogP contribution in [0.15, 0.2) is 56.6 Å². The summed E-state index contributed by atoms with van der Waals surface area (Å²) in [6.07, 6.45) is 1.50. The molecule has 28 heavy (non-hydrogen) atoms. The molecule has 0 aliphatic heterocycles. The predicted octanol–water partition coefficient (Wildman–Crippen LogP) is 3.33. The third-order valence-electron chi connectivity index (χ3n) is 4.59. The van der Waals surface area contributed by atoms with Crippen LogP contribution >= 0.6 is 0 Å². The molecule has 2 aromatic heterocycles. The van der Waals surface area contributed by atoms with Gasteiger partial charge in [-0.25, -0.2) is 0 Å². The average molecular weight is 379 g/mol. The van der Waals surface area contributed by atoms with Crippen molar-refractivity contribution >= 4 is 21.7 Å². The summed E-state index contributed by atoms with van der Waals surface area (Å²) >= 11 is 0. The van der Waals surface area contributed by atoms with Crippen LogP contribution in [0, 0.1) is 0 Å². The number of aromatic amines is 1. The molecule has 4 rings (SSSR count). The molecule has 0 spiro atoms. The first-order chi connectivity index (χ1) is 13.6. The van der Waals surface area contributed by atoms with Crippen molar-refractivity contribution in [2.45, 2.75) is 0 Å². The topological polar surface area (TPSA) is 90.8 Å². The van der Waals surface area contributed by atoms with E-state index < -0.39 is 0 Å². The van der Waals surface area contributed by atoms with Crippen LogP contribution in [0.25, 0.3) is 33.1 Å². The van der Waals surface area contributed by atoms with E-state index in [4.69, 9.17) is 18.6 Å². The van der Waals surface area contributed by atoms with Crippen LogP contribution in [-0.2, 0) is 0 Å². The summed E-state index contributed by atoms with van der Waals surface area (Å²) in [5, 5.41) is 1.56. The van der Waals surface area contributed by atoms with Crippen molar-refractivity contribution in [1.29, 1.82) is 0 Å². The third kappa shape index (κ3) is 2.68. The number of nitrogens with one attached hydrogen (secondary N) is 1. The van der Waals surface area contributed by atoms with Crippen LogP contribution in [0.2, 0.25) is 0 Å². The molecule has 0 unspecified atom stereocenters. The standard InChI is InChI=1S/C21H17NO6/c1-25-14-5-6-15(26-2)20-19(14)17(27-3)8-12-13(23)9-16(28-21(12)20)11-4-7-18(24)22-10-11/h4-10H,1-3H3,(H,22,24). The Kier molecular flexibility index (Phi) is 4.27. The minimum absolute atomic E-state index is 0.242. The van der Waals surface area contributed by atoms with Gasteiger partial charge in [0, 0.05) is 23.9 Å². The van der Waals surface area contributed by atoms with Gasteiger partial charge in [-0.15, -0.1) is 0 Å². The van der Waals surface area contributed by atoms with Crippen LogP contribution < -0.4 is 25.2 Å². The van der Waals surface area contributed by atoms with E-state index in [0.717, 1.165) is 0 Å². The molecule has 0 radical (unpaired) electrons. The van der Waals surface area contributed by atoms with Gasteiger partial charge in [0.05, 0.1) is 37.5 Å². The molecule has 7 nitrogen and oxygen atoms in total. The maximum Gasteiger partial charge on any atom is 0.247 e. The smallest absolute Gasteiger partial charge is 0.247 e. The highest BCUT2D eigenvalue weighted by molar-refractivity contribution is 6.13. The van der Waals surface area contributed by atoms with Gasteiger partial charge in [-0.2, -0.15) is 0 Å². The van der Waals surface area contributed by atoms with Crippen molar-refractivity contribution in [2.75, 3.05) is 21.3 Å². The molecule has 1 N–H and O–H groups in total. The maximum absolute atomic E-state index is 12.8. The first-order valence-corrected chi connectivity index (χ1v) is 8.46. The summed E-state index contributed by atoms with van der Waals surface area (Å²) in [6.45, 7) is 0. The summed E-state index contributed by atoms with van der Waals surface area (Å²) in [5.41, 5.74) is 0.436. The number of pyridine rings is 1. The lowest BCUT2D eigenvalue weighted by Gasteiger charge is -2.15. The molecule has 7 heteroatoms. The lowest BCUT2D eigenvalue weighted by atomic mass is 10.0. The van der Waals surface area contributed by atoms with Crippen LogP contribution in [0.4, 0.5) is 0 Å². The Bertz CT molecular complexity index is 1300. The normalized spacial score (nSPS) is 11.0. The lowest BCUT2D eigenvalue weighted by Crippen LogP contribution is -2.05. The van der Waals surface area contributed by atoms with E-state index in [2.05, 4.69) is 4.98 Å². The first-order valence-electron chi connectivity index (χ1n) is 8.46. The summed E-state index contributed by atoms with van der Waals surface area (Å²) in [5.74, 6) is 1.88. The zero-order chi connectivity index (χ0) is 19.8. The zero-order valence-corrected chi connectivity index (χ0v) is 15.5. The number of aromatic nitrogens is 1. The minimum Gasteiger partial charge on any atom is -0.496 e. The SMILES string of the molecule is COc1ccc(OC)c2c1c(OC)cc1c(=O)cc(-c3ccc(=O)[nH]c3)oc12. The van der Waals surface area contributed by atoms with Gasteiger partial charge < -0.3 is 23.6 Å². The quantitative estimate of drug-likeness (QED) is 0.547. The second kappa shape index (κ2) is 6.77. The molecular formula is C21H17NO6. The first kappa shape index (κ1) is 17.7. The summed E-state index contributed by atoms with van der Waals surface area (Å²) in [7, 11) is 4.62. The molecule has 0 aliphatic carbocycles. The van der Waals surface area contributed by atoms with Gasteiger partial charge in [0.1, 0.15) is 23.0 Å². The van der Waals surface area contributed by atoms with Crippen LogP contribution in [0.1, 0.15) is 0 Å². The fourth-order valence-corrected chi connectivity index (χ4v) is 3.27. The van der Waals surface area contributed by atoms with Gasteiger partial charge in [0.25, 0.3) is 0 Å². The van der Waals surface area contributed by atoms with Crippen molar-refractivity contribution in [3.05, 3.63) is 63.2 Å². The molecule has 2 heterocycles. The molecule has 0 atom stereocenters. The molecule has 0 bridgehead atoms. The minimum atomic E-state index is -0.243. The fourth-order valence-electron chi connectivity index (χ4n) is 3.27. The maximum atomic E-state index is 12.8. The molecule has 4 aromatic rings. The van der Waals surface area contributed by atoms with E-state index in [-0.39, 0.29) is 11.0 Å². The van der Waals surface area contributed by atoms with E-state index in [9.17, 15) is 9.59 Å². The number of methoxy groups -OCH3 is 3. The Hall–Kier alpha value is -3.74. The van der Waals surface area contributed by atoms with E-state index in [1.807, 2.05) is 0 Å². The number of hydrogen-bond donors (Lipinski definition) is 1. The van der Waals surface area contributed by atoms with Gasteiger partial charge in [-0.3, -0.25) is 9.59 Å². The van der Waals surface area contributed by atoms with Crippen LogP contribution in [0.5, 0.6) is 17.2 Å². The highest BCUT2D eigenvalue weighted by atomic mass is 16.5. The second-order valence-electron chi connectivity index (χ2n) is 6.09. The molecule has 142 valence electrons. The Balaban J connectivity index is 2.19. The number of ether oxygens (including phenoxy) is 3. The number of hydrogen-bond acceptors (Lipinski definition) is 6. The fraction of sp³-hybridized carbons (Fsp3) is 0.143. The van der Waals surface area contributed by atoms with Crippen molar-refractivity contribution in [3.8, 4) is 28.6 Å². The number of benzene rings is 2. The van der Waals surface area contributed by atoms with Gasteiger partial charge in [0.2, 0.25) is 5.56 Å². The number of H-pyrrole nitrogens is 1. The van der Waals surface area contributed by atoms with Gasteiger partial charge in [-0.05, 0) is 24.3 Å². The van der Waals surface area contributed by atoms with Crippen molar-refractivity contribution in [1.82, 2.24) is 4.98 Å². The van der Waals surface area contributed by atoms with E-state index in [1.165, 1.54) is 32.5 Å². The highest BCUT2D eigenvalue weighted by Gasteiger charge is 2.20. The van der Waals surface area contributed by atoms with Gasteiger partial charge >= 0.3 is 0 Å². The summed E-state index contributed by atoms with van der Waals surface area (Å²) in [4.78, 5) is 26.8. The molecule has 0 amide bonds. The molecule has 0 aliphatic rings. The van der Waals surface area contributed by atoms with Gasteiger partial charge in [0.15, 0.2) is 11.0 Å². The summed E-state index contributed by atoms with van der Waals surface area (Å²) in [6, 6.07) is 9.48. The Morgan fingerprint density at radius 2 is 1.50 bits per heavy atom. The van der Waals surface area contributed by atoms with E-state index >= 15 is 0 Å². The molecule has 0 fully saturated rings. The number of fused-ring (bicyclic) bond motifs is 3. The second-order valence-corrected chi connectivity index (χ2v) is 6.09. The van der Waals surface area contributed by atoms with Crippen molar-refractivity contribution in [3.63, 3.8) is 0 Å². The average Bonchev–Trinajstić information content (AvgIpc) is 2.72. The predicted molar refractivity (Wildman–Crippen MR) is 106 cm³/mol. The zero-order valence-electron chi connectivity index (χ0n) is 15.5. The van der Waals surface area contributed by atoms with Crippen LogP contribution in [-0.4, -0.2) is 26.3 Å². The Morgan fingerprint density at radius 1 is 0.821 bits per heavy atom. The van der Waals surface area contributed by atoms with E-state index in [1.54, 1.807) is 31.4 Å². The highest BCUT2D eigenvalue weighted by Crippen LogP contribution is 2.43. The molecule has 2 aromatic carbocycles. The third-order valence-corrected chi connectivity index (χ3v) is 4.59. The number of rotatable bonds is 4. The van der Waals surface area contributed by atoms with Crippen LogP contribution in [0.3, 0.4) is 0 Å². The van der Waals surface area contributed by atoms with Crippen molar-refractivity contribution < 1.29 is 18.6 Å². The molecular weight excluding hydrogens is 362 g/mol. The van der Waals surface area contributed by atoms with Crippen molar-refractivity contribution in [2.24, 2.45) is 0 Å². The molecule has 0 saturated carbocycles. The monoisotopic (exact) mass is 379 g/mol. The summed E-state index contributed by atoms with van der Waals surface area (Å²) < 4.78 is 22.6. The Morgan fingerprint density at radius 3 is 2.11 bits per heavy atom.